The van der Waals surface area contributed by atoms with Crippen molar-refractivity contribution in [2.24, 2.45) is 10.2 Å². The normalized spacial score (nSPS) is 10.8. The van der Waals surface area contributed by atoms with E-state index >= 15 is 0 Å². The summed E-state index contributed by atoms with van der Waals surface area (Å²) < 4.78 is 10.8. The molecule has 0 fully saturated rings. The van der Waals surface area contributed by atoms with Crippen LogP contribution in [-0.2, 0) is 0 Å². The van der Waals surface area contributed by atoms with Gasteiger partial charge in [0.1, 0.15) is 22.6 Å². The van der Waals surface area contributed by atoms with E-state index in [9.17, 15) is 39.4 Å². The van der Waals surface area contributed by atoms with E-state index in [0.29, 0.717) is 11.1 Å². The molecule has 5 rings (SSSR count). The predicted octanol–water partition coefficient (Wildman–Crippen LogP) is 5.47. The van der Waals surface area contributed by atoms with Crippen molar-refractivity contribution in [1.29, 1.82) is 0 Å². The van der Waals surface area contributed by atoms with E-state index in [2.05, 4.69) is 21.1 Å². The van der Waals surface area contributed by atoms with Crippen molar-refractivity contribution in [3.63, 3.8) is 0 Å². The summed E-state index contributed by atoms with van der Waals surface area (Å²) in [6, 6.07) is 28.8. The first-order chi connectivity index (χ1) is 25.1. The number of para-hydroxylation sites is 2. The molecule has 0 bridgehead atoms. The maximum absolute atomic E-state index is 12.7. The lowest BCUT2D eigenvalue weighted by Gasteiger charge is -2.07. The molecule has 2 N–H and O–H groups in total. The molecule has 0 saturated carbocycles. The number of hydrogen-bond donors (Lipinski definition) is 2. The first-order valence-electron chi connectivity index (χ1n) is 15.0. The highest BCUT2D eigenvalue weighted by atomic mass is 16.6. The van der Waals surface area contributed by atoms with Gasteiger partial charge in [0.2, 0.25) is 0 Å². The third-order valence-electron chi connectivity index (χ3n) is 6.99. The second kappa shape index (κ2) is 16.5. The Morgan fingerprint density at radius 1 is 0.519 bits per heavy atom. The van der Waals surface area contributed by atoms with E-state index < -0.39 is 33.6 Å². The van der Waals surface area contributed by atoms with Crippen LogP contribution in [0.5, 0.6) is 11.5 Å². The van der Waals surface area contributed by atoms with E-state index in [1.807, 2.05) is 0 Å². The van der Waals surface area contributed by atoms with Gasteiger partial charge in [-0.05, 0) is 96.1 Å². The number of amides is 2. The van der Waals surface area contributed by atoms with E-state index in [4.69, 9.17) is 9.47 Å². The third kappa shape index (κ3) is 9.17. The molecule has 16 nitrogen and oxygen atoms in total. The van der Waals surface area contributed by atoms with Gasteiger partial charge in [-0.15, -0.1) is 0 Å². The molecule has 52 heavy (non-hydrogen) atoms. The average molecular weight is 701 g/mol. The maximum atomic E-state index is 12.7. The Morgan fingerprint density at radius 3 is 1.21 bits per heavy atom. The average Bonchev–Trinajstić information content (AvgIpc) is 3.16. The van der Waals surface area contributed by atoms with Crippen LogP contribution in [-0.4, -0.2) is 46.0 Å². The molecule has 2 amide bonds. The number of carbonyl (C=O) groups is 4. The van der Waals surface area contributed by atoms with Crippen molar-refractivity contribution in [3.8, 4) is 11.5 Å². The highest BCUT2D eigenvalue weighted by Crippen LogP contribution is 2.19. The minimum atomic E-state index is -0.752. The number of nitrogens with one attached hydrogen (secondary N) is 2. The highest BCUT2D eigenvalue weighted by Gasteiger charge is 2.20. The monoisotopic (exact) mass is 700 g/mol. The fourth-order valence-electron chi connectivity index (χ4n) is 4.42. The number of benzene rings is 5. The van der Waals surface area contributed by atoms with E-state index in [1.54, 1.807) is 24.3 Å². The number of hydrazone groups is 2. The van der Waals surface area contributed by atoms with Gasteiger partial charge < -0.3 is 9.47 Å². The van der Waals surface area contributed by atoms with Crippen LogP contribution in [0.1, 0.15) is 52.6 Å². The smallest absolute Gasteiger partial charge is 0.343 e. The fourth-order valence-corrected chi connectivity index (χ4v) is 4.42. The van der Waals surface area contributed by atoms with Gasteiger partial charge in [-0.1, -0.05) is 24.3 Å². The topological polar surface area (TPSA) is 222 Å². The molecule has 258 valence electrons. The van der Waals surface area contributed by atoms with Crippen LogP contribution < -0.4 is 20.3 Å². The molecule has 5 aromatic carbocycles. The lowest BCUT2D eigenvalue weighted by molar-refractivity contribution is -0.385. The maximum Gasteiger partial charge on any atom is 0.343 e. The Labute approximate surface area is 293 Å². The third-order valence-corrected chi connectivity index (χ3v) is 6.99. The number of hydrogen-bond acceptors (Lipinski definition) is 12. The lowest BCUT2D eigenvalue weighted by Crippen LogP contribution is -2.18. The summed E-state index contributed by atoms with van der Waals surface area (Å²) in [5.41, 5.74) is 4.89. The van der Waals surface area contributed by atoms with Crippen LogP contribution in [0, 0.1) is 20.2 Å². The molecule has 0 aliphatic rings. The van der Waals surface area contributed by atoms with Crippen LogP contribution in [0.4, 0.5) is 11.4 Å². The van der Waals surface area contributed by atoms with Crippen molar-refractivity contribution in [2.45, 2.75) is 0 Å². The predicted molar refractivity (Wildman–Crippen MR) is 186 cm³/mol. The van der Waals surface area contributed by atoms with Gasteiger partial charge in [0.15, 0.2) is 0 Å². The van der Waals surface area contributed by atoms with Gasteiger partial charge in [0.25, 0.3) is 23.2 Å². The molecule has 0 radical (unpaired) electrons. The van der Waals surface area contributed by atoms with Gasteiger partial charge in [0, 0.05) is 12.1 Å². The molecular weight excluding hydrogens is 676 g/mol. The first kappa shape index (κ1) is 35.4. The van der Waals surface area contributed by atoms with Crippen LogP contribution in [0.15, 0.2) is 132 Å². The molecule has 0 aliphatic carbocycles. The van der Waals surface area contributed by atoms with Crippen molar-refractivity contribution in [2.75, 3.05) is 0 Å². The van der Waals surface area contributed by atoms with Crippen molar-refractivity contribution in [1.82, 2.24) is 10.9 Å². The molecule has 0 heterocycles. The van der Waals surface area contributed by atoms with Gasteiger partial charge >= 0.3 is 11.9 Å². The van der Waals surface area contributed by atoms with Gasteiger partial charge in [-0.25, -0.2) is 20.4 Å². The number of nitro benzene ring substituents is 2. The molecule has 0 aromatic heterocycles. The Kier molecular flexibility index (Phi) is 11.2. The van der Waals surface area contributed by atoms with Crippen molar-refractivity contribution < 1.29 is 38.5 Å². The summed E-state index contributed by atoms with van der Waals surface area (Å²) in [7, 11) is 0. The second-order valence-electron chi connectivity index (χ2n) is 10.4. The molecule has 0 atom stereocenters. The largest absolute Gasteiger partial charge is 0.423 e. The van der Waals surface area contributed by atoms with Crippen molar-refractivity contribution in [3.05, 3.63) is 175 Å². The summed E-state index contributed by atoms with van der Waals surface area (Å²) in [5.74, 6) is -2.45. The van der Waals surface area contributed by atoms with Gasteiger partial charge in [-0.2, -0.15) is 10.2 Å². The van der Waals surface area contributed by atoms with E-state index in [0.717, 1.165) is 0 Å². The zero-order valence-corrected chi connectivity index (χ0v) is 26.6. The molecular formula is C36H24N6O10. The number of nitrogens with zero attached hydrogens (tertiary/aromatic N) is 4. The van der Waals surface area contributed by atoms with Crippen LogP contribution in [0.25, 0.3) is 0 Å². The van der Waals surface area contributed by atoms with E-state index in [-0.39, 0.29) is 45.1 Å². The molecule has 16 heteroatoms. The standard InChI is InChI=1S/C36H24N6O10/c43-33(29-5-1-3-7-31(29)41(47)48)39-37-21-23-9-17-27(18-10-23)51-35(45)25-13-15-26(16-14-25)36(46)52-28-19-11-24(12-20-28)22-38-40-34(44)30-6-2-4-8-32(30)42(49)50/h1-22H,(H,39,43)(H,40,44)/b37-21-,38-22-. The first-order valence-corrected chi connectivity index (χ1v) is 15.0. The molecule has 0 aliphatic heterocycles. The number of esters is 2. The van der Waals surface area contributed by atoms with E-state index in [1.165, 1.54) is 109 Å². The summed E-state index contributed by atoms with van der Waals surface area (Å²) >= 11 is 0. The molecule has 0 spiro atoms. The van der Waals surface area contributed by atoms with Gasteiger partial charge in [-0.3, -0.25) is 29.8 Å². The molecule has 0 unspecified atom stereocenters. The molecule has 0 saturated heterocycles. The zero-order chi connectivity index (χ0) is 37.0. The number of carbonyl (C=O) groups excluding carboxylic acids is 4. The van der Waals surface area contributed by atoms with Gasteiger partial charge in [0.05, 0.1) is 33.4 Å². The number of ether oxygens (including phenoxy) is 2. The summed E-state index contributed by atoms with van der Waals surface area (Å²) in [5, 5.41) is 29.9. The fraction of sp³-hybridized carbons (Fsp3) is 0. The minimum Gasteiger partial charge on any atom is -0.423 e. The Bertz CT molecular complexity index is 2060. The van der Waals surface area contributed by atoms with Crippen LogP contribution >= 0.6 is 0 Å². The second-order valence-corrected chi connectivity index (χ2v) is 10.4. The van der Waals surface area contributed by atoms with Crippen molar-refractivity contribution >= 4 is 47.6 Å². The quantitative estimate of drug-likeness (QED) is 0.0549. The molecule has 5 aromatic rings. The minimum absolute atomic E-state index is 0.140. The Balaban J connectivity index is 1.09. The Morgan fingerprint density at radius 2 is 0.865 bits per heavy atom. The summed E-state index contributed by atoms with van der Waals surface area (Å²) in [4.78, 5) is 70.8. The lowest BCUT2D eigenvalue weighted by atomic mass is 10.1. The number of rotatable bonds is 12. The van der Waals surface area contributed by atoms with Crippen LogP contribution in [0.2, 0.25) is 0 Å². The Hall–Kier alpha value is -7.88. The SMILES string of the molecule is O=C(Oc1ccc(/C=N\NC(=O)c2ccccc2[N+](=O)[O-])cc1)c1ccc(C(=O)Oc2ccc(/C=N\NC(=O)c3ccccc3[N+](=O)[O-])cc2)cc1. The summed E-state index contributed by atoms with van der Waals surface area (Å²) in [6.07, 6.45) is 2.62. The summed E-state index contributed by atoms with van der Waals surface area (Å²) in [6.45, 7) is 0. The number of nitro groups is 2. The van der Waals surface area contributed by atoms with Crippen LogP contribution in [0.3, 0.4) is 0 Å². The highest BCUT2D eigenvalue weighted by molar-refractivity contribution is 5.99. The zero-order valence-electron chi connectivity index (χ0n) is 26.6.